The van der Waals surface area contributed by atoms with Crippen LogP contribution in [0.25, 0.3) is 10.1 Å². The fraction of sp³-hybridized carbons (Fsp3) is 0.400. The number of nitrogens with one attached hydrogen (secondary N) is 1. The molecule has 0 saturated carbocycles. The Morgan fingerprint density at radius 3 is 2.70 bits per heavy atom. The van der Waals surface area contributed by atoms with Gasteiger partial charge in [-0.25, -0.2) is 0 Å². The molecule has 0 radical (unpaired) electrons. The Hall–Kier alpha value is -1.07. The van der Waals surface area contributed by atoms with Crippen LogP contribution in [0.3, 0.4) is 0 Å². The first-order valence-electron chi connectivity index (χ1n) is 6.73. The molecule has 1 unspecified atom stereocenters. The predicted molar refractivity (Wildman–Crippen MR) is 90.3 cm³/mol. The normalized spacial score (nSPS) is 12.8. The zero-order valence-electron chi connectivity index (χ0n) is 11.9. The van der Waals surface area contributed by atoms with E-state index in [1.165, 1.54) is 11.3 Å². The molecule has 0 saturated heterocycles. The number of hydrogen-bond donors (Lipinski definition) is 2. The van der Waals surface area contributed by atoms with Crippen LogP contribution < -0.4 is 11.1 Å². The second kappa shape index (κ2) is 6.14. The lowest BCUT2D eigenvalue weighted by molar-refractivity contribution is 0.0929. The standard InChI is InChI=1S/C15H19BrN2OS/c1-4-10(8(2)3)18-15(19)14-13(17)12-9(16)6-5-7-11(12)20-14/h5-8,10H,4,17H2,1-3H3,(H,18,19). The van der Waals surface area contributed by atoms with Crippen molar-refractivity contribution in [2.45, 2.75) is 33.2 Å². The van der Waals surface area contributed by atoms with Gasteiger partial charge in [0, 0.05) is 20.6 Å². The summed E-state index contributed by atoms with van der Waals surface area (Å²) < 4.78 is 1.96. The summed E-state index contributed by atoms with van der Waals surface area (Å²) >= 11 is 4.94. The first-order valence-corrected chi connectivity index (χ1v) is 8.34. The topological polar surface area (TPSA) is 55.1 Å². The maximum atomic E-state index is 12.4. The van der Waals surface area contributed by atoms with Crippen molar-refractivity contribution in [3.05, 3.63) is 27.5 Å². The average Bonchev–Trinajstić information content (AvgIpc) is 2.74. The molecular formula is C15H19BrN2OS. The fourth-order valence-electron chi connectivity index (χ4n) is 2.27. The molecule has 20 heavy (non-hydrogen) atoms. The second-order valence-corrected chi connectivity index (χ2v) is 7.10. The summed E-state index contributed by atoms with van der Waals surface area (Å²) in [7, 11) is 0. The van der Waals surface area contributed by atoms with Crippen molar-refractivity contribution in [3.63, 3.8) is 0 Å². The number of nitrogen functional groups attached to an aromatic ring is 1. The molecule has 0 aliphatic carbocycles. The quantitative estimate of drug-likeness (QED) is 0.854. The third kappa shape index (κ3) is 2.83. The van der Waals surface area contributed by atoms with Gasteiger partial charge in [-0.05, 0) is 24.5 Å². The van der Waals surface area contributed by atoms with Gasteiger partial charge in [0.1, 0.15) is 4.88 Å². The first kappa shape index (κ1) is 15.3. The first-order chi connectivity index (χ1) is 9.45. The minimum absolute atomic E-state index is 0.0730. The van der Waals surface area contributed by atoms with Gasteiger partial charge in [0.2, 0.25) is 0 Å². The smallest absolute Gasteiger partial charge is 0.263 e. The van der Waals surface area contributed by atoms with Crippen LogP contribution in [-0.4, -0.2) is 11.9 Å². The Balaban J connectivity index is 2.36. The fourth-order valence-corrected chi connectivity index (χ4v) is 4.04. The van der Waals surface area contributed by atoms with Crippen LogP contribution in [0.2, 0.25) is 0 Å². The molecule has 108 valence electrons. The SMILES string of the molecule is CCC(NC(=O)c1sc2cccc(Br)c2c1N)C(C)C. The molecule has 3 N–H and O–H groups in total. The Bertz CT molecular complexity index is 636. The van der Waals surface area contributed by atoms with E-state index in [9.17, 15) is 4.79 Å². The monoisotopic (exact) mass is 354 g/mol. The van der Waals surface area contributed by atoms with Crippen molar-refractivity contribution in [2.75, 3.05) is 5.73 Å². The lowest BCUT2D eigenvalue weighted by Gasteiger charge is -2.20. The highest BCUT2D eigenvalue weighted by atomic mass is 79.9. The van der Waals surface area contributed by atoms with E-state index in [1.807, 2.05) is 18.2 Å². The van der Waals surface area contributed by atoms with E-state index in [-0.39, 0.29) is 11.9 Å². The van der Waals surface area contributed by atoms with Crippen LogP contribution in [0.1, 0.15) is 36.9 Å². The molecule has 0 bridgehead atoms. The second-order valence-electron chi connectivity index (χ2n) is 5.19. The molecule has 3 nitrogen and oxygen atoms in total. The number of hydrogen-bond acceptors (Lipinski definition) is 3. The van der Waals surface area contributed by atoms with Crippen molar-refractivity contribution >= 4 is 48.9 Å². The number of thiophene rings is 1. The molecular weight excluding hydrogens is 336 g/mol. The highest BCUT2D eigenvalue weighted by Crippen LogP contribution is 2.38. The van der Waals surface area contributed by atoms with E-state index in [0.29, 0.717) is 16.5 Å². The molecule has 0 fully saturated rings. The summed E-state index contributed by atoms with van der Waals surface area (Å²) in [5, 5.41) is 4.01. The van der Waals surface area contributed by atoms with Crippen molar-refractivity contribution < 1.29 is 4.79 Å². The summed E-state index contributed by atoms with van der Waals surface area (Å²) in [6.45, 7) is 6.30. The van der Waals surface area contributed by atoms with E-state index in [1.54, 1.807) is 0 Å². The molecule has 5 heteroatoms. The number of carbonyl (C=O) groups excluding carboxylic acids is 1. The van der Waals surface area contributed by atoms with Gasteiger partial charge in [0.25, 0.3) is 5.91 Å². The van der Waals surface area contributed by atoms with Crippen LogP contribution in [0.4, 0.5) is 5.69 Å². The Morgan fingerprint density at radius 1 is 1.45 bits per heavy atom. The number of benzene rings is 1. The maximum absolute atomic E-state index is 12.4. The minimum atomic E-state index is -0.0730. The molecule has 0 aliphatic rings. The van der Waals surface area contributed by atoms with Gasteiger partial charge in [-0.15, -0.1) is 11.3 Å². The zero-order chi connectivity index (χ0) is 14.9. The minimum Gasteiger partial charge on any atom is -0.397 e. The van der Waals surface area contributed by atoms with E-state index in [0.717, 1.165) is 21.0 Å². The van der Waals surface area contributed by atoms with E-state index in [2.05, 4.69) is 42.0 Å². The van der Waals surface area contributed by atoms with Gasteiger partial charge in [-0.3, -0.25) is 4.79 Å². The van der Waals surface area contributed by atoms with E-state index < -0.39 is 0 Å². The number of anilines is 1. The molecule has 1 aromatic carbocycles. The summed E-state index contributed by atoms with van der Waals surface area (Å²) in [4.78, 5) is 13.0. The zero-order valence-corrected chi connectivity index (χ0v) is 14.3. The van der Waals surface area contributed by atoms with E-state index >= 15 is 0 Å². The van der Waals surface area contributed by atoms with Crippen LogP contribution in [0.15, 0.2) is 22.7 Å². The number of nitrogens with two attached hydrogens (primary N) is 1. The van der Waals surface area contributed by atoms with Crippen LogP contribution in [0.5, 0.6) is 0 Å². The lowest BCUT2D eigenvalue weighted by atomic mass is 10.0. The molecule has 1 heterocycles. The summed E-state index contributed by atoms with van der Waals surface area (Å²) in [6, 6.07) is 6.05. The maximum Gasteiger partial charge on any atom is 0.263 e. The molecule has 2 aromatic rings. The summed E-state index contributed by atoms with van der Waals surface area (Å²) in [5.74, 6) is 0.336. The van der Waals surface area contributed by atoms with Crippen molar-refractivity contribution in [1.29, 1.82) is 0 Å². The van der Waals surface area contributed by atoms with Crippen LogP contribution in [-0.2, 0) is 0 Å². The average molecular weight is 355 g/mol. The number of fused-ring (bicyclic) bond motifs is 1. The highest BCUT2D eigenvalue weighted by molar-refractivity contribution is 9.10. The van der Waals surface area contributed by atoms with Crippen molar-refractivity contribution in [1.82, 2.24) is 5.32 Å². The molecule has 0 aliphatic heterocycles. The van der Waals surface area contributed by atoms with E-state index in [4.69, 9.17) is 5.73 Å². The third-order valence-electron chi connectivity index (χ3n) is 3.47. The Morgan fingerprint density at radius 2 is 2.15 bits per heavy atom. The highest BCUT2D eigenvalue weighted by Gasteiger charge is 2.21. The number of amides is 1. The lowest BCUT2D eigenvalue weighted by Crippen LogP contribution is -2.37. The number of carbonyl (C=O) groups is 1. The summed E-state index contributed by atoms with van der Waals surface area (Å²) in [6.07, 6.45) is 0.915. The van der Waals surface area contributed by atoms with Gasteiger partial charge >= 0.3 is 0 Å². The molecule has 1 atom stereocenters. The van der Waals surface area contributed by atoms with Gasteiger partial charge < -0.3 is 11.1 Å². The van der Waals surface area contributed by atoms with Crippen LogP contribution >= 0.6 is 27.3 Å². The Kier molecular flexibility index (Phi) is 4.70. The van der Waals surface area contributed by atoms with Crippen molar-refractivity contribution in [2.24, 2.45) is 5.92 Å². The Labute approximate surface area is 131 Å². The largest absolute Gasteiger partial charge is 0.397 e. The third-order valence-corrected chi connectivity index (χ3v) is 5.30. The predicted octanol–water partition coefficient (Wildman–Crippen LogP) is 4.41. The van der Waals surface area contributed by atoms with Crippen molar-refractivity contribution in [3.8, 4) is 0 Å². The van der Waals surface area contributed by atoms with Gasteiger partial charge in [0.15, 0.2) is 0 Å². The van der Waals surface area contributed by atoms with Gasteiger partial charge in [-0.2, -0.15) is 0 Å². The molecule has 1 amide bonds. The number of halogens is 1. The molecule has 1 aromatic heterocycles. The van der Waals surface area contributed by atoms with Gasteiger partial charge in [0.05, 0.1) is 5.69 Å². The van der Waals surface area contributed by atoms with Gasteiger partial charge in [-0.1, -0.05) is 42.8 Å². The summed E-state index contributed by atoms with van der Waals surface area (Å²) in [5.41, 5.74) is 6.72. The number of rotatable bonds is 4. The molecule has 0 spiro atoms. The molecule has 2 rings (SSSR count). The van der Waals surface area contributed by atoms with Crippen LogP contribution in [0, 0.1) is 5.92 Å².